The zero-order chi connectivity index (χ0) is 22.7. The van der Waals surface area contributed by atoms with Crippen molar-refractivity contribution in [3.63, 3.8) is 0 Å². The van der Waals surface area contributed by atoms with Gasteiger partial charge in [0.05, 0.1) is 10.7 Å². The molecule has 1 aromatic heterocycles. The van der Waals surface area contributed by atoms with Crippen LogP contribution < -0.4 is 4.90 Å². The van der Waals surface area contributed by atoms with Gasteiger partial charge in [0.15, 0.2) is 11.0 Å². The fourth-order valence-corrected chi connectivity index (χ4v) is 4.45. The molecule has 0 unspecified atom stereocenters. The second kappa shape index (κ2) is 9.58. The molecule has 1 aliphatic heterocycles. The number of aromatic nitrogens is 3. The number of thioether (sulfide) groups is 1. The highest BCUT2D eigenvalue weighted by molar-refractivity contribution is 7.99. The summed E-state index contributed by atoms with van der Waals surface area (Å²) >= 11 is 7.31. The predicted molar refractivity (Wildman–Crippen MR) is 124 cm³/mol. The molecule has 0 saturated carbocycles. The first kappa shape index (κ1) is 22.1. The maximum absolute atomic E-state index is 12.7. The lowest BCUT2D eigenvalue weighted by Gasteiger charge is -2.36. The lowest BCUT2D eigenvalue weighted by atomic mass is 10.2. The first-order valence-corrected chi connectivity index (χ1v) is 11.3. The van der Waals surface area contributed by atoms with E-state index in [0.717, 1.165) is 11.3 Å². The van der Waals surface area contributed by atoms with Crippen LogP contribution in [0.25, 0.3) is 11.4 Å². The molecular weight excluding hydrogens is 452 g/mol. The van der Waals surface area contributed by atoms with Gasteiger partial charge in [-0.3, -0.25) is 14.9 Å². The highest BCUT2D eigenvalue weighted by atomic mass is 35.5. The third-order valence-corrected chi connectivity index (χ3v) is 6.58. The highest BCUT2D eigenvalue weighted by Gasteiger charge is 2.22. The number of anilines is 1. The second-order valence-electron chi connectivity index (χ2n) is 7.30. The van der Waals surface area contributed by atoms with E-state index in [9.17, 15) is 14.9 Å². The largest absolute Gasteiger partial charge is 0.368 e. The standard InChI is InChI=1S/C21H21ClN6O3S/c1-25-20(15-2-4-16(22)5-3-15)23-24-21(25)32-14-19(29)27-12-10-26(11-13-27)17-6-8-18(9-7-17)28(30)31/h2-9H,10-14H2,1H3. The Labute approximate surface area is 194 Å². The van der Waals surface area contributed by atoms with Crippen LogP contribution in [0.2, 0.25) is 5.02 Å². The van der Waals surface area contributed by atoms with E-state index in [1.807, 2.05) is 28.6 Å². The molecule has 4 rings (SSSR count). The van der Waals surface area contributed by atoms with E-state index in [1.54, 1.807) is 24.3 Å². The number of non-ortho nitro benzene ring substituents is 1. The van der Waals surface area contributed by atoms with Crippen molar-refractivity contribution < 1.29 is 9.72 Å². The molecule has 3 aromatic rings. The monoisotopic (exact) mass is 472 g/mol. The van der Waals surface area contributed by atoms with Crippen molar-refractivity contribution in [3.05, 3.63) is 63.7 Å². The van der Waals surface area contributed by atoms with Gasteiger partial charge < -0.3 is 14.4 Å². The molecule has 0 radical (unpaired) electrons. The number of carbonyl (C=O) groups excluding carboxylic acids is 1. The number of amides is 1. The van der Waals surface area contributed by atoms with Crippen LogP contribution in [0, 0.1) is 10.1 Å². The molecule has 0 atom stereocenters. The highest BCUT2D eigenvalue weighted by Crippen LogP contribution is 2.25. The number of piperazine rings is 1. The van der Waals surface area contributed by atoms with Crippen LogP contribution in [0.1, 0.15) is 0 Å². The zero-order valence-electron chi connectivity index (χ0n) is 17.3. The van der Waals surface area contributed by atoms with Gasteiger partial charge in [-0.1, -0.05) is 23.4 Å². The Morgan fingerprint density at radius 3 is 2.34 bits per heavy atom. The van der Waals surface area contributed by atoms with Crippen molar-refractivity contribution in [2.75, 3.05) is 36.8 Å². The topological polar surface area (TPSA) is 97.4 Å². The molecule has 32 heavy (non-hydrogen) atoms. The number of hydrogen-bond acceptors (Lipinski definition) is 7. The molecule has 9 nitrogen and oxygen atoms in total. The van der Waals surface area contributed by atoms with E-state index in [1.165, 1.54) is 23.9 Å². The molecule has 166 valence electrons. The van der Waals surface area contributed by atoms with Gasteiger partial charge in [0.2, 0.25) is 5.91 Å². The third kappa shape index (κ3) is 4.86. The fourth-order valence-electron chi connectivity index (χ4n) is 3.51. The quantitative estimate of drug-likeness (QED) is 0.307. The Hall–Kier alpha value is -3.11. The number of benzene rings is 2. The van der Waals surface area contributed by atoms with Gasteiger partial charge in [-0.05, 0) is 36.4 Å². The summed E-state index contributed by atoms with van der Waals surface area (Å²) in [5, 5.41) is 20.6. The van der Waals surface area contributed by atoms with Crippen LogP contribution in [-0.4, -0.2) is 62.4 Å². The maximum atomic E-state index is 12.7. The van der Waals surface area contributed by atoms with Crippen LogP contribution in [0.15, 0.2) is 53.7 Å². The van der Waals surface area contributed by atoms with Crippen molar-refractivity contribution in [1.82, 2.24) is 19.7 Å². The van der Waals surface area contributed by atoms with Gasteiger partial charge >= 0.3 is 0 Å². The molecule has 2 heterocycles. The average molecular weight is 473 g/mol. The van der Waals surface area contributed by atoms with Gasteiger partial charge in [0.1, 0.15) is 0 Å². The van der Waals surface area contributed by atoms with E-state index < -0.39 is 4.92 Å². The van der Waals surface area contributed by atoms with Crippen LogP contribution in [-0.2, 0) is 11.8 Å². The second-order valence-corrected chi connectivity index (χ2v) is 8.68. The number of nitrogens with zero attached hydrogens (tertiary/aromatic N) is 6. The van der Waals surface area contributed by atoms with Crippen molar-refractivity contribution in [2.45, 2.75) is 5.16 Å². The summed E-state index contributed by atoms with van der Waals surface area (Å²) in [6, 6.07) is 13.9. The van der Waals surface area contributed by atoms with Gasteiger partial charge in [-0.25, -0.2) is 0 Å². The number of hydrogen-bond donors (Lipinski definition) is 0. The smallest absolute Gasteiger partial charge is 0.269 e. The lowest BCUT2D eigenvalue weighted by molar-refractivity contribution is -0.384. The minimum Gasteiger partial charge on any atom is -0.368 e. The first-order chi connectivity index (χ1) is 15.4. The van der Waals surface area contributed by atoms with Gasteiger partial charge in [-0.2, -0.15) is 0 Å². The Bertz CT molecular complexity index is 1110. The van der Waals surface area contributed by atoms with E-state index in [-0.39, 0.29) is 17.3 Å². The fraction of sp³-hybridized carbons (Fsp3) is 0.286. The zero-order valence-corrected chi connectivity index (χ0v) is 18.9. The van der Waals surface area contributed by atoms with Crippen molar-refractivity contribution >= 4 is 40.6 Å². The Morgan fingerprint density at radius 1 is 1.06 bits per heavy atom. The summed E-state index contributed by atoms with van der Waals surface area (Å²) in [5.74, 6) is 1.05. The number of halogens is 1. The van der Waals surface area contributed by atoms with Crippen LogP contribution in [0.3, 0.4) is 0 Å². The average Bonchev–Trinajstić information content (AvgIpc) is 3.18. The van der Waals surface area contributed by atoms with Gasteiger partial charge in [0.25, 0.3) is 5.69 Å². The van der Waals surface area contributed by atoms with E-state index in [2.05, 4.69) is 15.1 Å². The summed E-state index contributed by atoms with van der Waals surface area (Å²) in [5.41, 5.74) is 1.90. The summed E-state index contributed by atoms with van der Waals surface area (Å²) in [6.45, 7) is 2.56. The summed E-state index contributed by atoms with van der Waals surface area (Å²) < 4.78 is 1.87. The van der Waals surface area contributed by atoms with Crippen molar-refractivity contribution in [2.24, 2.45) is 7.05 Å². The molecule has 1 amide bonds. The van der Waals surface area contributed by atoms with Crippen molar-refractivity contribution in [1.29, 1.82) is 0 Å². The maximum Gasteiger partial charge on any atom is 0.269 e. The van der Waals surface area contributed by atoms with Crippen LogP contribution in [0.5, 0.6) is 0 Å². The molecule has 1 aliphatic rings. The number of nitro groups is 1. The molecular formula is C21H21ClN6O3S. The van der Waals surface area contributed by atoms with Crippen LogP contribution >= 0.6 is 23.4 Å². The number of carbonyl (C=O) groups is 1. The Kier molecular flexibility index (Phi) is 6.61. The molecule has 0 spiro atoms. The molecule has 1 fully saturated rings. The number of nitro benzene ring substituents is 1. The molecule has 1 saturated heterocycles. The number of rotatable bonds is 6. The lowest BCUT2D eigenvalue weighted by Crippen LogP contribution is -2.49. The van der Waals surface area contributed by atoms with E-state index in [0.29, 0.717) is 42.2 Å². The molecule has 11 heteroatoms. The van der Waals surface area contributed by atoms with E-state index in [4.69, 9.17) is 11.6 Å². The Morgan fingerprint density at radius 2 is 1.72 bits per heavy atom. The molecule has 2 aromatic carbocycles. The predicted octanol–water partition coefficient (Wildman–Crippen LogP) is 3.48. The van der Waals surface area contributed by atoms with Gasteiger partial charge in [-0.15, -0.1) is 10.2 Å². The van der Waals surface area contributed by atoms with Gasteiger partial charge in [0, 0.05) is 61.6 Å². The van der Waals surface area contributed by atoms with E-state index >= 15 is 0 Å². The normalized spacial score (nSPS) is 13.9. The minimum atomic E-state index is -0.409. The van der Waals surface area contributed by atoms with Crippen molar-refractivity contribution in [3.8, 4) is 11.4 Å². The minimum absolute atomic E-state index is 0.0504. The molecule has 0 aliphatic carbocycles. The Balaban J connectivity index is 1.30. The molecule has 0 N–H and O–H groups in total. The van der Waals surface area contributed by atoms with Crippen LogP contribution in [0.4, 0.5) is 11.4 Å². The summed E-state index contributed by atoms with van der Waals surface area (Å²) in [7, 11) is 1.87. The first-order valence-electron chi connectivity index (χ1n) is 9.97. The molecule has 0 bridgehead atoms. The summed E-state index contributed by atoms with van der Waals surface area (Å²) in [6.07, 6.45) is 0. The third-order valence-electron chi connectivity index (χ3n) is 5.32. The SMILES string of the molecule is Cn1c(SCC(=O)N2CCN(c3ccc([N+](=O)[O-])cc3)CC2)nnc1-c1ccc(Cl)cc1. The summed E-state index contributed by atoms with van der Waals surface area (Å²) in [4.78, 5) is 27.1.